The summed E-state index contributed by atoms with van der Waals surface area (Å²) in [5, 5.41) is 6.16. The third-order valence-corrected chi connectivity index (χ3v) is 4.51. The van der Waals surface area contributed by atoms with Crippen LogP contribution in [0.5, 0.6) is 0 Å². The van der Waals surface area contributed by atoms with Crippen molar-refractivity contribution in [3.63, 3.8) is 0 Å². The van der Waals surface area contributed by atoms with Crippen LogP contribution in [0.15, 0.2) is 24.3 Å². The first kappa shape index (κ1) is 15.9. The lowest BCUT2D eigenvalue weighted by atomic mass is 10.3. The molecule has 0 spiro atoms. The molecule has 1 heterocycles. The molecule has 0 fully saturated rings. The number of carbonyl (C=O) groups is 1. The fourth-order valence-electron chi connectivity index (χ4n) is 1.86. The molecule has 0 aliphatic rings. The zero-order valence-electron chi connectivity index (χ0n) is 12.6. The SMILES string of the molecule is CNC(C)CNC(=O)CSC(C)c1nc2ccccc2[nH]1. The number of amides is 1. The van der Waals surface area contributed by atoms with Crippen LogP contribution < -0.4 is 10.6 Å². The first-order chi connectivity index (χ1) is 10.1. The summed E-state index contributed by atoms with van der Waals surface area (Å²) in [6, 6.07) is 8.24. The third-order valence-electron chi connectivity index (χ3n) is 3.36. The van der Waals surface area contributed by atoms with Gasteiger partial charge in [0.25, 0.3) is 0 Å². The fraction of sp³-hybridized carbons (Fsp3) is 0.467. The van der Waals surface area contributed by atoms with Gasteiger partial charge in [-0.1, -0.05) is 12.1 Å². The molecule has 0 aliphatic heterocycles. The van der Waals surface area contributed by atoms with E-state index < -0.39 is 0 Å². The molecule has 2 atom stereocenters. The van der Waals surface area contributed by atoms with Crippen molar-refractivity contribution in [2.75, 3.05) is 19.3 Å². The minimum absolute atomic E-state index is 0.0602. The molecule has 114 valence electrons. The highest BCUT2D eigenvalue weighted by Crippen LogP contribution is 2.27. The molecule has 6 heteroatoms. The molecule has 0 bridgehead atoms. The van der Waals surface area contributed by atoms with E-state index in [1.807, 2.05) is 38.2 Å². The average Bonchev–Trinajstić information content (AvgIpc) is 2.94. The molecule has 0 saturated heterocycles. The van der Waals surface area contributed by atoms with Crippen molar-refractivity contribution < 1.29 is 4.79 Å². The number of fused-ring (bicyclic) bond motifs is 1. The number of benzene rings is 1. The van der Waals surface area contributed by atoms with E-state index in [2.05, 4.69) is 27.5 Å². The molecule has 3 N–H and O–H groups in total. The maximum absolute atomic E-state index is 11.8. The van der Waals surface area contributed by atoms with Crippen LogP contribution in [0.4, 0.5) is 0 Å². The van der Waals surface area contributed by atoms with Gasteiger partial charge in [-0.2, -0.15) is 0 Å². The number of para-hydroxylation sites is 2. The Hall–Kier alpha value is -1.53. The van der Waals surface area contributed by atoms with E-state index in [0.717, 1.165) is 16.9 Å². The number of H-pyrrole nitrogens is 1. The van der Waals surface area contributed by atoms with Gasteiger partial charge in [-0.15, -0.1) is 11.8 Å². The Balaban J connectivity index is 1.84. The number of aromatic amines is 1. The highest BCUT2D eigenvalue weighted by atomic mass is 32.2. The molecule has 21 heavy (non-hydrogen) atoms. The Morgan fingerprint density at radius 3 is 2.86 bits per heavy atom. The number of aromatic nitrogens is 2. The predicted octanol–water partition coefficient (Wildman–Crippen LogP) is 2.08. The van der Waals surface area contributed by atoms with Crippen molar-refractivity contribution in [3.8, 4) is 0 Å². The Morgan fingerprint density at radius 2 is 2.14 bits per heavy atom. The summed E-state index contributed by atoms with van der Waals surface area (Å²) in [6.07, 6.45) is 0. The van der Waals surface area contributed by atoms with Crippen LogP contribution in [0.25, 0.3) is 11.0 Å². The molecule has 0 saturated carbocycles. The number of hydrogen-bond donors (Lipinski definition) is 3. The molecule has 1 aromatic heterocycles. The number of thioether (sulfide) groups is 1. The van der Waals surface area contributed by atoms with Crippen molar-refractivity contribution in [3.05, 3.63) is 30.1 Å². The van der Waals surface area contributed by atoms with Gasteiger partial charge in [-0.3, -0.25) is 4.79 Å². The van der Waals surface area contributed by atoms with E-state index in [4.69, 9.17) is 0 Å². The Morgan fingerprint density at radius 1 is 1.38 bits per heavy atom. The van der Waals surface area contributed by atoms with Gasteiger partial charge in [0.15, 0.2) is 0 Å². The monoisotopic (exact) mass is 306 g/mol. The van der Waals surface area contributed by atoms with E-state index >= 15 is 0 Å². The Labute approximate surface area is 129 Å². The van der Waals surface area contributed by atoms with Gasteiger partial charge in [-0.05, 0) is 33.0 Å². The normalized spacial score (nSPS) is 14.0. The molecular formula is C15H22N4OS. The van der Waals surface area contributed by atoms with Gasteiger partial charge >= 0.3 is 0 Å². The number of nitrogens with zero attached hydrogens (tertiary/aromatic N) is 1. The van der Waals surface area contributed by atoms with Crippen molar-refractivity contribution in [2.45, 2.75) is 25.1 Å². The van der Waals surface area contributed by atoms with Gasteiger partial charge < -0.3 is 15.6 Å². The molecule has 0 aliphatic carbocycles. The highest BCUT2D eigenvalue weighted by Gasteiger charge is 2.13. The number of rotatable bonds is 7. The van der Waals surface area contributed by atoms with Crippen LogP contribution in [0.2, 0.25) is 0 Å². The summed E-state index contributed by atoms with van der Waals surface area (Å²) in [7, 11) is 1.88. The van der Waals surface area contributed by atoms with E-state index in [0.29, 0.717) is 12.3 Å². The number of likely N-dealkylation sites (N-methyl/N-ethyl adjacent to an activating group) is 1. The van der Waals surface area contributed by atoms with Crippen molar-refractivity contribution in [1.29, 1.82) is 0 Å². The lowest BCUT2D eigenvalue weighted by molar-refractivity contribution is -0.118. The van der Waals surface area contributed by atoms with Crippen LogP contribution in [-0.4, -0.2) is 41.3 Å². The fourth-order valence-corrected chi connectivity index (χ4v) is 2.64. The summed E-state index contributed by atoms with van der Waals surface area (Å²) in [5.74, 6) is 1.41. The topological polar surface area (TPSA) is 69.8 Å². The first-order valence-electron chi connectivity index (χ1n) is 7.10. The summed E-state index contributed by atoms with van der Waals surface area (Å²) in [6.45, 7) is 4.74. The van der Waals surface area contributed by atoms with Crippen LogP contribution in [-0.2, 0) is 4.79 Å². The molecule has 2 unspecified atom stereocenters. The summed E-state index contributed by atoms with van der Waals surface area (Å²) in [5.41, 5.74) is 2.00. The average molecular weight is 306 g/mol. The standard InChI is InChI=1S/C15H22N4OS/c1-10(16-3)8-17-14(20)9-21-11(2)15-18-12-6-4-5-7-13(12)19-15/h4-7,10-11,16H,8-9H2,1-3H3,(H,17,20)(H,18,19). The third kappa shape index (κ3) is 4.47. The Bertz CT molecular complexity index is 565. The van der Waals surface area contributed by atoms with Crippen molar-refractivity contribution in [1.82, 2.24) is 20.6 Å². The second-order valence-corrected chi connectivity index (χ2v) is 6.42. The van der Waals surface area contributed by atoms with Crippen molar-refractivity contribution >= 4 is 28.7 Å². The molecular weight excluding hydrogens is 284 g/mol. The molecule has 2 rings (SSSR count). The second kappa shape index (κ2) is 7.47. The van der Waals surface area contributed by atoms with Crippen LogP contribution in [0.3, 0.4) is 0 Å². The zero-order chi connectivity index (χ0) is 15.2. The summed E-state index contributed by atoms with van der Waals surface area (Å²) in [4.78, 5) is 19.6. The smallest absolute Gasteiger partial charge is 0.230 e. The van der Waals surface area contributed by atoms with E-state index in [1.54, 1.807) is 11.8 Å². The maximum Gasteiger partial charge on any atom is 0.230 e. The second-order valence-electron chi connectivity index (χ2n) is 5.09. The summed E-state index contributed by atoms with van der Waals surface area (Å²) < 4.78 is 0. The number of nitrogens with one attached hydrogen (secondary N) is 3. The van der Waals surface area contributed by atoms with E-state index in [-0.39, 0.29) is 17.2 Å². The lowest BCUT2D eigenvalue weighted by Gasteiger charge is -2.12. The lowest BCUT2D eigenvalue weighted by Crippen LogP contribution is -2.37. The Kier molecular flexibility index (Phi) is 5.64. The maximum atomic E-state index is 11.8. The number of imidazole rings is 1. The van der Waals surface area contributed by atoms with Crippen molar-refractivity contribution in [2.24, 2.45) is 0 Å². The molecule has 2 aromatic rings. The van der Waals surface area contributed by atoms with Crippen LogP contribution >= 0.6 is 11.8 Å². The van der Waals surface area contributed by atoms with Gasteiger partial charge in [0, 0.05) is 12.6 Å². The largest absolute Gasteiger partial charge is 0.354 e. The quantitative estimate of drug-likeness (QED) is 0.732. The van der Waals surface area contributed by atoms with E-state index in [9.17, 15) is 4.79 Å². The number of carbonyl (C=O) groups excluding carboxylic acids is 1. The molecule has 0 radical (unpaired) electrons. The predicted molar refractivity (Wildman–Crippen MR) is 88.5 cm³/mol. The van der Waals surface area contributed by atoms with Gasteiger partial charge in [-0.25, -0.2) is 4.98 Å². The van der Waals surface area contributed by atoms with Gasteiger partial charge in [0.1, 0.15) is 5.82 Å². The summed E-state index contributed by atoms with van der Waals surface area (Å²) >= 11 is 1.59. The van der Waals surface area contributed by atoms with Crippen LogP contribution in [0.1, 0.15) is 24.9 Å². The molecule has 1 amide bonds. The van der Waals surface area contributed by atoms with Gasteiger partial charge in [0.2, 0.25) is 5.91 Å². The van der Waals surface area contributed by atoms with Gasteiger partial charge in [0.05, 0.1) is 22.0 Å². The minimum Gasteiger partial charge on any atom is -0.354 e. The van der Waals surface area contributed by atoms with E-state index in [1.165, 1.54) is 0 Å². The highest BCUT2D eigenvalue weighted by molar-refractivity contribution is 8.00. The minimum atomic E-state index is 0.0602. The molecule has 5 nitrogen and oxygen atoms in total. The number of hydrogen-bond acceptors (Lipinski definition) is 4. The zero-order valence-corrected chi connectivity index (χ0v) is 13.5. The first-order valence-corrected chi connectivity index (χ1v) is 8.15. The molecule has 1 aromatic carbocycles. The van der Waals surface area contributed by atoms with Crippen LogP contribution in [0, 0.1) is 0 Å².